The Morgan fingerprint density at radius 2 is 2.15 bits per heavy atom. The van der Waals surface area contributed by atoms with Gasteiger partial charge in [0, 0.05) is 37.1 Å². The summed E-state index contributed by atoms with van der Waals surface area (Å²) in [5.74, 6) is 0.294. The fraction of sp³-hybridized carbons (Fsp3) is 0.538. The molecule has 0 spiro atoms. The Balaban J connectivity index is 2.60. The van der Waals surface area contributed by atoms with E-state index < -0.39 is 9.84 Å². The molecule has 7 heteroatoms. The van der Waals surface area contributed by atoms with Gasteiger partial charge in [0.25, 0.3) is 0 Å². The van der Waals surface area contributed by atoms with E-state index in [1.165, 1.54) is 30.2 Å². The first-order valence-corrected chi connectivity index (χ1v) is 9.25. The summed E-state index contributed by atoms with van der Waals surface area (Å²) >= 11 is 1.43. The second-order valence-electron chi connectivity index (χ2n) is 4.40. The van der Waals surface area contributed by atoms with E-state index in [2.05, 4.69) is 5.32 Å². The zero-order valence-electron chi connectivity index (χ0n) is 11.7. The van der Waals surface area contributed by atoms with E-state index in [1.54, 1.807) is 13.2 Å². The molecular formula is C13H20FNO3S2. The first kappa shape index (κ1) is 17.4. The van der Waals surface area contributed by atoms with Crippen LogP contribution in [0.15, 0.2) is 23.1 Å². The lowest BCUT2D eigenvalue weighted by Gasteiger charge is -2.10. The Bertz CT molecular complexity index is 520. The Labute approximate surface area is 124 Å². The number of ether oxygens (including phenoxy) is 1. The number of sulfone groups is 1. The zero-order chi connectivity index (χ0) is 15.0. The van der Waals surface area contributed by atoms with Gasteiger partial charge in [-0.25, -0.2) is 12.8 Å². The third kappa shape index (κ3) is 7.23. The summed E-state index contributed by atoms with van der Waals surface area (Å²) < 4.78 is 40.4. The van der Waals surface area contributed by atoms with Crippen LogP contribution in [0, 0.1) is 5.82 Å². The van der Waals surface area contributed by atoms with Crippen molar-refractivity contribution in [2.75, 3.05) is 38.0 Å². The maximum atomic E-state index is 13.3. The molecule has 4 nitrogen and oxygen atoms in total. The lowest BCUT2D eigenvalue weighted by molar-refractivity contribution is 0.199. The molecule has 1 aromatic rings. The molecule has 0 bridgehead atoms. The molecule has 0 aliphatic carbocycles. The molecule has 0 amide bonds. The monoisotopic (exact) mass is 321 g/mol. The lowest BCUT2D eigenvalue weighted by Crippen LogP contribution is -2.19. The van der Waals surface area contributed by atoms with Gasteiger partial charge in [0.15, 0.2) is 0 Å². The van der Waals surface area contributed by atoms with Crippen molar-refractivity contribution in [3.05, 3.63) is 29.6 Å². The summed E-state index contributed by atoms with van der Waals surface area (Å²) in [6, 6.07) is 4.56. The summed E-state index contributed by atoms with van der Waals surface area (Å²) in [5.41, 5.74) is 0.833. The Hall–Kier alpha value is -0.630. The van der Waals surface area contributed by atoms with E-state index in [0.717, 1.165) is 10.5 Å². The molecule has 20 heavy (non-hydrogen) atoms. The van der Waals surface area contributed by atoms with Gasteiger partial charge in [-0.2, -0.15) is 0 Å². The summed E-state index contributed by atoms with van der Waals surface area (Å²) in [5, 5.41) is 3.15. The van der Waals surface area contributed by atoms with Crippen LogP contribution in [0.4, 0.5) is 4.39 Å². The SMILES string of the molecule is COCCNCc1cc(F)ccc1SCCS(C)(=O)=O. The van der Waals surface area contributed by atoms with Crippen LogP contribution in [0.2, 0.25) is 0 Å². The van der Waals surface area contributed by atoms with Crippen molar-refractivity contribution >= 4 is 21.6 Å². The molecule has 1 N–H and O–H groups in total. The van der Waals surface area contributed by atoms with Gasteiger partial charge in [-0.05, 0) is 23.8 Å². The molecule has 0 radical (unpaired) electrons. The fourth-order valence-electron chi connectivity index (χ4n) is 1.53. The quantitative estimate of drug-likeness (QED) is 0.554. The van der Waals surface area contributed by atoms with Crippen LogP contribution in [0.3, 0.4) is 0 Å². The van der Waals surface area contributed by atoms with E-state index >= 15 is 0 Å². The van der Waals surface area contributed by atoms with Crippen molar-refractivity contribution < 1.29 is 17.5 Å². The van der Waals surface area contributed by atoms with E-state index in [4.69, 9.17) is 4.74 Å². The summed E-state index contributed by atoms with van der Waals surface area (Å²) in [6.07, 6.45) is 1.21. The molecule has 0 saturated heterocycles. The van der Waals surface area contributed by atoms with Crippen LogP contribution in [-0.2, 0) is 21.1 Å². The van der Waals surface area contributed by atoms with Crippen molar-refractivity contribution in [2.24, 2.45) is 0 Å². The standard InChI is InChI=1S/C13H20FNO3S2/c1-18-6-5-15-10-11-9-12(14)3-4-13(11)19-7-8-20(2,16)17/h3-4,9,15H,5-8,10H2,1-2H3. The van der Waals surface area contributed by atoms with Crippen LogP contribution in [0.5, 0.6) is 0 Å². The second-order valence-corrected chi connectivity index (χ2v) is 7.80. The van der Waals surface area contributed by atoms with Crippen molar-refractivity contribution in [1.29, 1.82) is 0 Å². The number of hydrogen-bond acceptors (Lipinski definition) is 5. The van der Waals surface area contributed by atoms with Gasteiger partial charge >= 0.3 is 0 Å². The van der Waals surface area contributed by atoms with Crippen LogP contribution in [0.1, 0.15) is 5.56 Å². The minimum atomic E-state index is -2.97. The maximum absolute atomic E-state index is 13.3. The number of benzene rings is 1. The van der Waals surface area contributed by atoms with Crippen LogP contribution in [-0.4, -0.2) is 46.4 Å². The topological polar surface area (TPSA) is 55.4 Å². The van der Waals surface area contributed by atoms with Gasteiger partial charge in [0.2, 0.25) is 0 Å². The van der Waals surface area contributed by atoms with Crippen molar-refractivity contribution in [3.63, 3.8) is 0 Å². The van der Waals surface area contributed by atoms with E-state index in [1.807, 2.05) is 0 Å². The number of methoxy groups -OCH3 is 1. The van der Waals surface area contributed by atoms with Gasteiger partial charge in [-0.3, -0.25) is 0 Å². The highest BCUT2D eigenvalue weighted by Gasteiger charge is 2.07. The molecule has 0 saturated carbocycles. The molecule has 0 aliphatic heterocycles. The Morgan fingerprint density at radius 3 is 2.80 bits per heavy atom. The minimum absolute atomic E-state index is 0.117. The van der Waals surface area contributed by atoms with Crippen LogP contribution < -0.4 is 5.32 Å². The lowest BCUT2D eigenvalue weighted by atomic mass is 10.2. The number of nitrogens with one attached hydrogen (secondary N) is 1. The third-order valence-electron chi connectivity index (χ3n) is 2.53. The molecule has 1 rings (SSSR count). The third-order valence-corrected chi connectivity index (χ3v) is 4.85. The van der Waals surface area contributed by atoms with Crippen molar-refractivity contribution in [3.8, 4) is 0 Å². The van der Waals surface area contributed by atoms with E-state index in [-0.39, 0.29) is 11.6 Å². The summed E-state index contributed by atoms with van der Waals surface area (Å²) in [6.45, 7) is 1.80. The van der Waals surface area contributed by atoms with Crippen molar-refractivity contribution in [1.82, 2.24) is 5.32 Å². The average Bonchev–Trinajstić information content (AvgIpc) is 2.35. The largest absolute Gasteiger partial charge is 0.383 e. The highest BCUT2D eigenvalue weighted by atomic mass is 32.2. The molecule has 0 fully saturated rings. The number of thioether (sulfide) groups is 1. The smallest absolute Gasteiger partial charge is 0.148 e. The molecule has 0 aromatic heterocycles. The van der Waals surface area contributed by atoms with Gasteiger partial charge in [-0.1, -0.05) is 0 Å². The van der Waals surface area contributed by atoms with Gasteiger partial charge in [0.05, 0.1) is 12.4 Å². The zero-order valence-corrected chi connectivity index (χ0v) is 13.3. The molecule has 0 unspecified atom stereocenters. The molecule has 114 valence electrons. The number of hydrogen-bond donors (Lipinski definition) is 1. The number of halogens is 1. The van der Waals surface area contributed by atoms with E-state index in [9.17, 15) is 12.8 Å². The van der Waals surface area contributed by atoms with Gasteiger partial charge in [0.1, 0.15) is 15.7 Å². The molecule has 0 heterocycles. The fourth-order valence-corrected chi connectivity index (χ4v) is 3.77. The van der Waals surface area contributed by atoms with Gasteiger partial charge < -0.3 is 10.1 Å². The highest BCUT2D eigenvalue weighted by Crippen LogP contribution is 2.23. The second kappa shape index (κ2) is 8.61. The maximum Gasteiger partial charge on any atom is 0.148 e. The molecule has 1 aromatic carbocycles. The Morgan fingerprint density at radius 1 is 1.40 bits per heavy atom. The molecular weight excluding hydrogens is 301 g/mol. The summed E-state index contributed by atoms with van der Waals surface area (Å²) in [7, 11) is -1.35. The first-order chi connectivity index (χ1) is 9.42. The predicted octanol–water partition coefficient (Wildman–Crippen LogP) is 1.70. The predicted molar refractivity (Wildman–Crippen MR) is 80.4 cm³/mol. The minimum Gasteiger partial charge on any atom is -0.383 e. The summed E-state index contributed by atoms with van der Waals surface area (Å²) in [4.78, 5) is 0.903. The normalized spacial score (nSPS) is 11.8. The van der Waals surface area contributed by atoms with Gasteiger partial charge in [-0.15, -0.1) is 11.8 Å². The average molecular weight is 321 g/mol. The highest BCUT2D eigenvalue weighted by molar-refractivity contribution is 8.00. The molecule has 0 aliphatic rings. The molecule has 0 atom stereocenters. The van der Waals surface area contributed by atoms with E-state index in [0.29, 0.717) is 25.4 Å². The van der Waals surface area contributed by atoms with Crippen molar-refractivity contribution in [2.45, 2.75) is 11.4 Å². The number of rotatable bonds is 9. The van der Waals surface area contributed by atoms with Crippen LogP contribution >= 0.6 is 11.8 Å². The first-order valence-electron chi connectivity index (χ1n) is 6.21. The Kier molecular flexibility index (Phi) is 7.50. The van der Waals surface area contributed by atoms with Crippen LogP contribution in [0.25, 0.3) is 0 Å².